The predicted octanol–water partition coefficient (Wildman–Crippen LogP) is 2.85. The van der Waals surface area contributed by atoms with Gasteiger partial charge in [0.1, 0.15) is 0 Å². The number of hydrogen-bond acceptors (Lipinski definition) is 4. The van der Waals surface area contributed by atoms with E-state index in [1.54, 1.807) is 0 Å². The molecule has 2 bridgehead atoms. The maximum absolute atomic E-state index is 12.7. The van der Waals surface area contributed by atoms with E-state index in [1.807, 2.05) is 24.3 Å². The Morgan fingerprint density at radius 1 is 1.30 bits per heavy atom. The highest BCUT2D eigenvalue weighted by atomic mass is 35.5. The molecule has 1 aromatic carbocycles. The lowest BCUT2D eigenvalue weighted by molar-refractivity contribution is -0.0378. The van der Waals surface area contributed by atoms with Crippen LogP contribution in [0.5, 0.6) is 0 Å². The zero-order chi connectivity index (χ0) is 15.3. The number of rotatable bonds is 2. The number of fused-ring (bicyclic) bond motifs is 4. The summed E-state index contributed by atoms with van der Waals surface area (Å²) in [5.74, 6) is 0.430. The van der Waals surface area contributed by atoms with Crippen LogP contribution in [0.2, 0.25) is 0 Å². The van der Waals surface area contributed by atoms with E-state index in [2.05, 4.69) is 29.2 Å². The second-order valence-corrected chi connectivity index (χ2v) is 6.96. The standard InChI is InChI=1S/C17H21N3O2.ClH/c1-17(2)15(11-7-9-20(17)10-8-11)18-16(21)14-12-5-3-4-6-13(12)22-19-14;/h3-6,11,15H,7-10H2,1-2H3,(H,18,21);1H/t15-;/m1./s1. The molecule has 0 unspecified atom stereocenters. The van der Waals surface area contributed by atoms with E-state index in [0.29, 0.717) is 17.2 Å². The summed E-state index contributed by atoms with van der Waals surface area (Å²) in [6.45, 7) is 6.72. The van der Waals surface area contributed by atoms with Gasteiger partial charge in [0, 0.05) is 11.6 Å². The minimum absolute atomic E-state index is 0. The molecule has 3 aliphatic rings. The molecule has 0 radical (unpaired) electrons. The number of carbonyl (C=O) groups excluding carboxylic acids is 1. The first-order valence-corrected chi connectivity index (χ1v) is 7.98. The second kappa shape index (κ2) is 5.80. The van der Waals surface area contributed by atoms with Crippen molar-refractivity contribution in [3.63, 3.8) is 0 Å². The number of nitrogens with zero attached hydrogens (tertiary/aromatic N) is 2. The van der Waals surface area contributed by atoms with Gasteiger partial charge in [-0.25, -0.2) is 0 Å². The summed E-state index contributed by atoms with van der Waals surface area (Å²) < 4.78 is 5.25. The molecule has 3 aliphatic heterocycles. The second-order valence-electron chi connectivity index (χ2n) is 6.96. The van der Waals surface area contributed by atoms with Crippen molar-refractivity contribution in [1.29, 1.82) is 0 Å². The van der Waals surface area contributed by atoms with Crippen molar-refractivity contribution in [2.45, 2.75) is 38.3 Å². The summed E-state index contributed by atoms with van der Waals surface area (Å²) in [7, 11) is 0. The zero-order valence-electron chi connectivity index (χ0n) is 13.4. The average Bonchev–Trinajstić information content (AvgIpc) is 2.95. The molecule has 1 aromatic heterocycles. The van der Waals surface area contributed by atoms with E-state index < -0.39 is 0 Å². The highest BCUT2D eigenvalue weighted by molar-refractivity contribution is 6.04. The number of amides is 1. The van der Waals surface area contributed by atoms with Gasteiger partial charge in [0.2, 0.25) is 0 Å². The largest absolute Gasteiger partial charge is 0.355 e. The van der Waals surface area contributed by atoms with E-state index in [1.165, 1.54) is 0 Å². The Labute approximate surface area is 141 Å². The lowest BCUT2D eigenvalue weighted by Crippen LogP contribution is -2.69. The Hall–Kier alpha value is -1.59. The first-order valence-electron chi connectivity index (χ1n) is 7.98. The summed E-state index contributed by atoms with van der Waals surface area (Å²) >= 11 is 0. The van der Waals surface area contributed by atoms with Crippen LogP contribution < -0.4 is 5.32 Å². The molecule has 1 amide bonds. The predicted molar refractivity (Wildman–Crippen MR) is 90.9 cm³/mol. The number of nitrogens with one attached hydrogen (secondary N) is 1. The number of halogens is 1. The van der Waals surface area contributed by atoms with E-state index in [4.69, 9.17) is 4.52 Å². The Morgan fingerprint density at radius 3 is 2.70 bits per heavy atom. The van der Waals surface area contributed by atoms with Crippen molar-refractivity contribution in [2.75, 3.05) is 13.1 Å². The molecule has 2 aromatic rings. The molecule has 1 N–H and O–H groups in total. The van der Waals surface area contributed by atoms with Gasteiger partial charge < -0.3 is 9.84 Å². The summed E-state index contributed by atoms with van der Waals surface area (Å²) in [5, 5.41) is 7.98. The lowest BCUT2D eigenvalue weighted by atomic mass is 9.72. The zero-order valence-corrected chi connectivity index (χ0v) is 14.2. The molecular weight excluding hydrogens is 314 g/mol. The Balaban J connectivity index is 0.00000156. The van der Waals surface area contributed by atoms with Crippen LogP contribution >= 0.6 is 12.4 Å². The minimum atomic E-state index is -0.128. The van der Waals surface area contributed by atoms with Gasteiger partial charge in [-0.3, -0.25) is 9.69 Å². The van der Waals surface area contributed by atoms with Crippen LogP contribution in [0.3, 0.4) is 0 Å². The molecule has 1 atom stereocenters. The summed E-state index contributed by atoms with van der Waals surface area (Å²) in [6.07, 6.45) is 2.32. The molecule has 5 nitrogen and oxygen atoms in total. The van der Waals surface area contributed by atoms with Gasteiger partial charge in [-0.05, 0) is 57.8 Å². The number of hydrogen-bond donors (Lipinski definition) is 1. The van der Waals surface area contributed by atoms with Crippen LogP contribution in [-0.2, 0) is 0 Å². The number of carbonyl (C=O) groups is 1. The maximum atomic E-state index is 12.7. The van der Waals surface area contributed by atoms with Crippen LogP contribution in [0.15, 0.2) is 28.8 Å². The Kier molecular flexibility index (Phi) is 4.10. The van der Waals surface area contributed by atoms with Crippen molar-refractivity contribution in [3.8, 4) is 0 Å². The maximum Gasteiger partial charge on any atom is 0.274 e. The fourth-order valence-electron chi connectivity index (χ4n) is 4.14. The first-order chi connectivity index (χ1) is 10.6. The first kappa shape index (κ1) is 16.3. The average molecular weight is 336 g/mol. The van der Waals surface area contributed by atoms with Crippen molar-refractivity contribution >= 4 is 29.3 Å². The summed E-state index contributed by atoms with van der Waals surface area (Å²) in [5.41, 5.74) is 1.04. The van der Waals surface area contributed by atoms with E-state index in [0.717, 1.165) is 31.3 Å². The van der Waals surface area contributed by atoms with Crippen molar-refractivity contribution < 1.29 is 9.32 Å². The van der Waals surface area contributed by atoms with Gasteiger partial charge in [0.05, 0.1) is 5.39 Å². The molecule has 3 fully saturated rings. The van der Waals surface area contributed by atoms with Gasteiger partial charge in [-0.1, -0.05) is 17.3 Å². The molecule has 0 spiro atoms. The smallest absolute Gasteiger partial charge is 0.274 e. The van der Waals surface area contributed by atoms with Gasteiger partial charge in [0.25, 0.3) is 5.91 Å². The molecule has 4 heterocycles. The van der Waals surface area contributed by atoms with Crippen molar-refractivity contribution in [1.82, 2.24) is 15.4 Å². The van der Waals surface area contributed by atoms with Crippen molar-refractivity contribution in [3.05, 3.63) is 30.0 Å². The summed E-state index contributed by atoms with van der Waals surface area (Å²) in [6, 6.07) is 7.65. The monoisotopic (exact) mass is 335 g/mol. The third-order valence-corrected chi connectivity index (χ3v) is 5.47. The highest BCUT2D eigenvalue weighted by Crippen LogP contribution is 2.39. The number of aromatic nitrogens is 1. The molecule has 23 heavy (non-hydrogen) atoms. The fourth-order valence-corrected chi connectivity index (χ4v) is 4.14. The molecule has 5 rings (SSSR count). The van der Waals surface area contributed by atoms with Gasteiger partial charge in [-0.15, -0.1) is 12.4 Å². The number of piperidine rings is 3. The molecule has 0 saturated carbocycles. The van der Waals surface area contributed by atoms with E-state index in [9.17, 15) is 4.79 Å². The summed E-state index contributed by atoms with van der Waals surface area (Å²) in [4.78, 5) is 15.2. The molecular formula is C17H22ClN3O2. The number of para-hydroxylation sites is 1. The van der Waals surface area contributed by atoms with Crippen LogP contribution in [0.1, 0.15) is 37.2 Å². The van der Waals surface area contributed by atoms with Crippen molar-refractivity contribution in [2.24, 2.45) is 5.92 Å². The van der Waals surface area contributed by atoms with Crippen LogP contribution in [0.4, 0.5) is 0 Å². The third kappa shape index (κ3) is 2.52. The molecule has 3 saturated heterocycles. The van der Waals surface area contributed by atoms with Gasteiger partial charge in [0.15, 0.2) is 11.3 Å². The topological polar surface area (TPSA) is 58.4 Å². The number of benzene rings is 1. The molecule has 0 aliphatic carbocycles. The Bertz CT molecular complexity index is 719. The normalized spacial score (nSPS) is 28.3. The molecule has 6 heteroatoms. The third-order valence-electron chi connectivity index (χ3n) is 5.47. The Morgan fingerprint density at radius 2 is 2.00 bits per heavy atom. The van der Waals surface area contributed by atoms with E-state index >= 15 is 0 Å². The minimum Gasteiger partial charge on any atom is -0.355 e. The van der Waals surface area contributed by atoms with Crippen LogP contribution in [0, 0.1) is 5.92 Å². The van der Waals surface area contributed by atoms with E-state index in [-0.39, 0.29) is 29.9 Å². The molecule has 124 valence electrons. The van der Waals surface area contributed by atoms with Gasteiger partial charge >= 0.3 is 0 Å². The van der Waals surface area contributed by atoms with Crippen LogP contribution in [-0.4, -0.2) is 40.6 Å². The van der Waals surface area contributed by atoms with Gasteiger partial charge in [-0.2, -0.15) is 0 Å². The quantitative estimate of drug-likeness (QED) is 0.916. The lowest BCUT2D eigenvalue weighted by Gasteiger charge is -2.56. The SMILES string of the molecule is CC1(C)[C@H](NC(=O)c2noc3ccccc23)C2CCN1CC2.Cl. The fraction of sp³-hybridized carbons (Fsp3) is 0.529. The van der Waals surface area contributed by atoms with Crippen LogP contribution in [0.25, 0.3) is 11.0 Å². The highest BCUT2D eigenvalue weighted by Gasteiger charge is 2.48.